The molecule has 4 aromatic rings. The molecule has 0 aliphatic heterocycles. The van der Waals surface area contributed by atoms with Crippen LogP contribution in [0.3, 0.4) is 0 Å². The summed E-state index contributed by atoms with van der Waals surface area (Å²) in [6.45, 7) is 0.244. The van der Waals surface area contributed by atoms with Crippen LogP contribution >= 0.6 is 0 Å². The van der Waals surface area contributed by atoms with E-state index in [0.717, 1.165) is 17.3 Å². The maximum Gasteiger partial charge on any atom is 0.252 e. The van der Waals surface area contributed by atoms with Crippen LogP contribution in [0.5, 0.6) is 0 Å². The van der Waals surface area contributed by atoms with E-state index >= 15 is 0 Å². The van der Waals surface area contributed by atoms with Gasteiger partial charge in [-0.25, -0.2) is 17.5 Å². The van der Waals surface area contributed by atoms with Crippen LogP contribution in [0.25, 0.3) is 16.6 Å². The molecule has 158 valence electrons. The van der Waals surface area contributed by atoms with E-state index in [1.807, 2.05) is 6.07 Å². The molecule has 1 amide bonds. The lowest BCUT2D eigenvalue weighted by Crippen LogP contribution is -2.23. The fourth-order valence-electron chi connectivity index (χ4n) is 3.23. The van der Waals surface area contributed by atoms with Crippen molar-refractivity contribution in [2.45, 2.75) is 12.3 Å². The minimum atomic E-state index is -3.15. The van der Waals surface area contributed by atoms with Crippen molar-refractivity contribution in [1.82, 2.24) is 20.1 Å². The number of halogens is 1. The molecular weight excluding hydrogens is 419 g/mol. The summed E-state index contributed by atoms with van der Waals surface area (Å²) < 4.78 is 37.6. The third kappa shape index (κ3) is 4.77. The normalized spacial score (nSPS) is 11.5. The molecule has 2 aromatic heterocycles. The number of amides is 1. The zero-order valence-electron chi connectivity index (χ0n) is 16.6. The average molecular weight is 438 g/mol. The predicted octanol–water partition coefficient (Wildman–Crippen LogP) is 3.03. The van der Waals surface area contributed by atoms with Crippen molar-refractivity contribution in [3.63, 3.8) is 0 Å². The van der Waals surface area contributed by atoms with Crippen LogP contribution in [0.15, 0.2) is 67.0 Å². The molecule has 0 unspecified atom stereocenters. The van der Waals surface area contributed by atoms with Crippen molar-refractivity contribution in [2.75, 3.05) is 6.26 Å². The van der Waals surface area contributed by atoms with E-state index in [0.29, 0.717) is 22.3 Å². The predicted molar refractivity (Wildman–Crippen MR) is 115 cm³/mol. The lowest BCUT2D eigenvalue weighted by molar-refractivity contribution is 0.0952. The Morgan fingerprint density at radius 3 is 2.52 bits per heavy atom. The van der Waals surface area contributed by atoms with E-state index in [-0.39, 0.29) is 24.0 Å². The molecule has 0 bridgehead atoms. The summed E-state index contributed by atoms with van der Waals surface area (Å²) in [5, 5.41) is 7.87. The maximum absolute atomic E-state index is 13.2. The molecule has 0 aliphatic rings. The number of nitrogens with zero attached hydrogens (tertiary/aromatic N) is 3. The number of sulfone groups is 1. The van der Waals surface area contributed by atoms with Crippen molar-refractivity contribution in [3.8, 4) is 5.69 Å². The van der Waals surface area contributed by atoms with E-state index in [2.05, 4.69) is 15.4 Å². The zero-order valence-corrected chi connectivity index (χ0v) is 17.4. The van der Waals surface area contributed by atoms with Crippen molar-refractivity contribution < 1.29 is 17.6 Å². The molecule has 1 N–H and O–H groups in total. The SMILES string of the molecule is CS(=O)(=O)Cc1ccc(CNC(=O)c2cccc3c2cnn3-c2ccc(F)cc2)cn1. The molecule has 31 heavy (non-hydrogen) atoms. The second-order valence-corrected chi connectivity index (χ2v) is 9.32. The van der Waals surface area contributed by atoms with Gasteiger partial charge in [-0.1, -0.05) is 12.1 Å². The molecule has 0 fully saturated rings. The largest absolute Gasteiger partial charge is 0.348 e. The van der Waals surface area contributed by atoms with Gasteiger partial charge in [0.1, 0.15) is 5.82 Å². The quantitative estimate of drug-likeness (QED) is 0.499. The van der Waals surface area contributed by atoms with Gasteiger partial charge in [0.15, 0.2) is 9.84 Å². The fourth-order valence-corrected chi connectivity index (χ4v) is 3.94. The van der Waals surface area contributed by atoms with Gasteiger partial charge in [-0.15, -0.1) is 0 Å². The lowest BCUT2D eigenvalue weighted by Gasteiger charge is -2.08. The number of hydrogen-bond acceptors (Lipinski definition) is 5. The Labute approximate surface area is 178 Å². The number of benzene rings is 2. The molecule has 0 saturated carbocycles. The van der Waals surface area contributed by atoms with Crippen LogP contribution in [0, 0.1) is 5.82 Å². The number of carbonyl (C=O) groups excluding carboxylic acids is 1. The zero-order chi connectivity index (χ0) is 22.0. The molecule has 0 spiro atoms. The molecule has 2 heterocycles. The number of hydrogen-bond donors (Lipinski definition) is 1. The molecule has 4 rings (SSSR count). The first-order valence-corrected chi connectivity index (χ1v) is 11.5. The van der Waals surface area contributed by atoms with Crippen LogP contribution in [0.1, 0.15) is 21.6 Å². The average Bonchev–Trinajstić information content (AvgIpc) is 3.17. The standard InChI is InChI=1S/C22H19FN4O3S/c1-31(29,30)14-17-8-5-15(11-24-17)12-25-22(28)19-3-2-4-21-20(19)13-26-27(21)18-9-6-16(23)7-10-18/h2-11,13H,12,14H2,1H3,(H,25,28). The topological polar surface area (TPSA) is 94.0 Å². The minimum absolute atomic E-state index is 0.125. The summed E-state index contributed by atoms with van der Waals surface area (Å²) >= 11 is 0. The molecule has 0 aliphatic carbocycles. The molecule has 0 saturated heterocycles. The molecular formula is C22H19FN4O3S. The summed E-state index contributed by atoms with van der Waals surface area (Å²) in [4.78, 5) is 16.9. The Morgan fingerprint density at radius 2 is 1.84 bits per heavy atom. The Hall–Kier alpha value is -3.59. The van der Waals surface area contributed by atoms with Gasteiger partial charge in [-0.2, -0.15) is 5.10 Å². The molecule has 0 radical (unpaired) electrons. The monoisotopic (exact) mass is 438 g/mol. The van der Waals surface area contributed by atoms with Crippen LogP contribution in [-0.4, -0.2) is 35.3 Å². The van der Waals surface area contributed by atoms with Crippen molar-refractivity contribution in [3.05, 3.63) is 89.6 Å². The first-order valence-electron chi connectivity index (χ1n) is 9.42. The molecule has 9 heteroatoms. The summed E-state index contributed by atoms with van der Waals surface area (Å²) in [7, 11) is -3.15. The highest BCUT2D eigenvalue weighted by Crippen LogP contribution is 2.22. The van der Waals surface area contributed by atoms with Crippen LogP contribution in [-0.2, 0) is 22.1 Å². The Morgan fingerprint density at radius 1 is 1.06 bits per heavy atom. The van der Waals surface area contributed by atoms with Gasteiger partial charge in [-0.3, -0.25) is 9.78 Å². The van der Waals surface area contributed by atoms with Crippen molar-refractivity contribution >= 4 is 26.6 Å². The van der Waals surface area contributed by atoms with Crippen LogP contribution in [0.4, 0.5) is 4.39 Å². The third-order valence-electron chi connectivity index (χ3n) is 4.68. The second kappa shape index (κ2) is 8.27. The minimum Gasteiger partial charge on any atom is -0.348 e. The summed E-state index contributed by atoms with van der Waals surface area (Å²) in [6, 6.07) is 14.6. The number of fused-ring (bicyclic) bond motifs is 1. The summed E-state index contributed by atoms with van der Waals surface area (Å²) in [5.41, 5.74) is 3.09. The highest BCUT2D eigenvalue weighted by Gasteiger charge is 2.14. The fraction of sp³-hybridized carbons (Fsp3) is 0.136. The molecule has 7 nitrogen and oxygen atoms in total. The highest BCUT2D eigenvalue weighted by atomic mass is 32.2. The van der Waals surface area contributed by atoms with Crippen LogP contribution in [0.2, 0.25) is 0 Å². The van der Waals surface area contributed by atoms with E-state index in [9.17, 15) is 17.6 Å². The van der Waals surface area contributed by atoms with E-state index in [1.165, 1.54) is 12.1 Å². The summed E-state index contributed by atoms with van der Waals surface area (Å²) in [6.07, 6.45) is 4.31. The highest BCUT2D eigenvalue weighted by molar-refractivity contribution is 7.89. The number of aromatic nitrogens is 3. The Bertz CT molecular complexity index is 1350. The van der Waals surface area contributed by atoms with Gasteiger partial charge in [0.2, 0.25) is 0 Å². The molecule has 2 aromatic carbocycles. The Kier molecular flexibility index (Phi) is 5.51. The summed E-state index contributed by atoms with van der Waals surface area (Å²) in [5.74, 6) is -0.733. The van der Waals surface area contributed by atoms with Gasteiger partial charge < -0.3 is 5.32 Å². The van der Waals surface area contributed by atoms with Crippen molar-refractivity contribution in [2.24, 2.45) is 0 Å². The van der Waals surface area contributed by atoms with Gasteiger partial charge >= 0.3 is 0 Å². The number of carbonyl (C=O) groups is 1. The first kappa shape index (κ1) is 20.7. The maximum atomic E-state index is 13.2. The number of rotatable bonds is 6. The molecule has 0 atom stereocenters. The smallest absolute Gasteiger partial charge is 0.252 e. The third-order valence-corrected chi connectivity index (χ3v) is 5.50. The van der Waals surface area contributed by atoms with Gasteiger partial charge in [0.05, 0.1) is 34.4 Å². The van der Waals surface area contributed by atoms with Gasteiger partial charge in [0.25, 0.3) is 5.91 Å². The van der Waals surface area contributed by atoms with E-state index in [4.69, 9.17) is 0 Å². The van der Waals surface area contributed by atoms with E-state index in [1.54, 1.807) is 53.5 Å². The first-order chi connectivity index (χ1) is 14.8. The van der Waals surface area contributed by atoms with E-state index < -0.39 is 9.84 Å². The van der Waals surface area contributed by atoms with Crippen LogP contribution < -0.4 is 5.32 Å². The van der Waals surface area contributed by atoms with Gasteiger partial charge in [0, 0.05) is 24.4 Å². The number of pyridine rings is 1. The van der Waals surface area contributed by atoms with Gasteiger partial charge in [-0.05, 0) is 48.0 Å². The lowest BCUT2D eigenvalue weighted by atomic mass is 10.1. The van der Waals surface area contributed by atoms with Crippen molar-refractivity contribution in [1.29, 1.82) is 0 Å². The Balaban J connectivity index is 1.51. The number of nitrogens with one attached hydrogen (secondary N) is 1. The second-order valence-electron chi connectivity index (χ2n) is 7.18.